The topological polar surface area (TPSA) is 51.2 Å². The maximum atomic E-state index is 8.57. The summed E-state index contributed by atoms with van der Waals surface area (Å²) in [5.41, 5.74) is 1.22. The normalized spacial score (nSPS) is 12.1. The molecule has 0 bridgehead atoms. The molecule has 1 aromatic rings. The molecule has 0 heterocycles. The molecule has 5 nitrogen and oxygen atoms in total. The third-order valence-corrected chi connectivity index (χ3v) is 3.63. The van der Waals surface area contributed by atoms with Crippen LogP contribution in [0.5, 0.6) is 5.75 Å². The molecule has 1 aromatic carbocycles. The molecule has 0 fully saturated rings. The average Bonchev–Trinajstić information content (AvgIpc) is 2.58. The van der Waals surface area contributed by atoms with Crippen LogP contribution in [0.15, 0.2) is 24.3 Å². The Balaban J connectivity index is 2.26. The molecular weight excluding hydrogens is 306 g/mol. The van der Waals surface area contributed by atoms with Crippen LogP contribution in [0, 0.1) is 12.3 Å². The summed E-state index contributed by atoms with van der Waals surface area (Å²) in [6, 6.07) is 8.48. The van der Waals surface area contributed by atoms with Crippen molar-refractivity contribution in [1.82, 2.24) is 4.90 Å². The lowest BCUT2D eigenvalue weighted by molar-refractivity contribution is 0.0247. The van der Waals surface area contributed by atoms with Gasteiger partial charge in [0.05, 0.1) is 39.6 Å². The molecule has 0 spiro atoms. The Hall–Kier alpha value is -1.58. The molecule has 0 aliphatic carbocycles. The van der Waals surface area contributed by atoms with Crippen molar-refractivity contribution in [2.75, 3.05) is 53.2 Å². The molecule has 0 aliphatic rings. The van der Waals surface area contributed by atoms with Gasteiger partial charge in [-0.1, -0.05) is 18.1 Å². The van der Waals surface area contributed by atoms with Crippen LogP contribution in [0.4, 0.5) is 0 Å². The number of aliphatic hydroxyl groups excluding tert-OH is 1. The van der Waals surface area contributed by atoms with Crippen molar-refractivity contribution < 1.29 is 19.3 Å². The highest BCUT2D eigenvalue weighted by Gasteiger charge is 2.09. The number of benzene rings is 1. The van der Waals surface area contributed by atoms with Gasteiger partial charge in [0.2, 0.25) is 0 Å². The molecule has 134 valence electrons. The second-order valence-electron chi connectivity index (χ2n) is 5.62. The first-order valence-corrected chi connectivity index (χ1v) is 8.29. The molecule has 5 heteroatoms. The zero-order valence-corrected chi connectivity index (χ0v) is 14.7. The molecule has 0 aliphatic heterocycles. The lowest BCUT2D eigenvalue weighted by Crippen LogP contribution is -2.31. The Morgan fingerprint density at radius 3 is 2.58 bits per heavy atom. The highest BCUT2D eigenvalue weighted by Crippen LogP contribution is 2.16. The summed E-state index contributed by atoms with van der Waals surface area (Å²) in [5, 5.41) is 8.57. The predicted octanol–water partition coefficient (Wildman–Crippen LogP) is 1.59. The monoisotopic (exact) mass is 335 g/mol. The van der Waals surface area contributed by atoms with Gasteiger partial charge in [-0.05, 0) is 38.1 Å². The summed E-state index contributed by atoms with van der Waals surface area (Å²) in [6.45, 7) is 5.19. The minimum Gasteiger partial charge on any atom is -0.491 e. The van der Waals surface area contributed by atoms with Crippen molar-refractivity contribution in [2.45, 2.75) is 19.4 Å². The van der Waals surface area contributed by atoms with Crippen LogP contribution in [0.25, 0.3) is 0 Å². The summed E-state index contributed by atoms with van der Waals surface area (Å²) in [7, 11) is 2.03. The minimum absolute atomic E-state index is 0.0383. The molecule has 1 N–H and O–H groups in total. The van der Waals surface area contributed by atoms with Gasteiger partial charge in [0.25, 0.3) is 0 Å². The number of likely N-dealkylation sites (N-methyl/N-ethyl adjacent to an activating group) is 1. The molecule has 0 unspecified atom stereocenters. The molecule has 24 heavy (non-hydrogen) atoms. The van der Waals surface area contributed by atoms with E-state index in [0.29, 0.717) is 45.6 Å². The van der Waals surface area contributed by atoms with Gasteiger partial charge in [-0.3, -0.25) is 4.90 Å². The SMILES string of the molecule is C#CCN(C)[C@H](C)Cc1cccc(OCCOCCOCCO)c1. The van der Waals surface area contributed by atoms with E-state index in [1.807, 2.05) is 19.2 Å². The van der Waals surface area contributed by atoms with E-state index in [-0.39, 0.29) is 6.61 Å². The summed E-state index contributed by atoms with van der Waals surface area (Å²) in [4.78, 5) is 2.15. The lowest BCUT2D eigenvalue weighted by atomic mass is 10.1. The van der Waals surface area contributed by atoms with Crippen LogP contribution >= 0.6 is 0 Å². The highest BCUT2D eigenvalue weighted by molar-refractivity contribution is 5.29. The van der Waals surface area contributed by atoms with Crippen molar-refractivity contribution >= 4 is 0 Å². The largest absolute Gasteiger partial charge is 0.491 e. The Bertz CT molecular complexity index is 487. The van der Waals surface area contributed by atoms with Gasteiger partial charge < -0.3 is 19.3 Å². The van der Waals surface area contributed by atoms with Crippen molar-refractivity contribution in [3.63, 3.8) is 0 Å². The number of hydrogen-bond donors (Lipinski definition) is 1. The summed E-state index contributed by atoms with van der Waals surface area (Å²) >= 11 is 0. The first-order chi connectivity index (χ1) is 11.7. The third-order valence-electron chi connectivity index (χ3n) is 3.63. The number of rotatable bonds is 13. The number of ether oxygens (including phenoxy) is 3. The quantitative estimate of drug-likeness (QED) is 0.438. The van der Waals surface area contributed by atoms with Crippen LogP contribution in [0.3, 0.4) is 0 Å². The van der Waals surface area contributed by atoms with E-state index in [0.717, 1.165) is 12.2 Å². The maximum absolute atomic E-state index is 8.57. The van der Waals surface area contributed by atoms with E-state index in [1.54, 1.807) is 0 Å². The Kier molecular flexibility index (Phi) is 10.9. The molecule has 0 saturated heterocycles. The Morgan fingerprint density at radius 2 is 1.88 bits per heavy atom. The van der Waals surface area contributed by atoms with Gasteiger partial charge in [0, 0.05) is 6.04 Å². The molecule has 0 radical (unpaired) electrons. The fraction of sp³-hybridized carbons (Fsp3) is 0.579. The molecule has 0 saturated carbocycles. The van der Waals surface area contributed by atoms with Crippen molar-refractivity contribution in [2.24, 2.45) is 0 Å². The lowest BCUT2D eigenvalue weighted by Gasteiger charge is -2.22. The van der Waals surface area contributed by atoms with Crippen LogP contribution < -0.4 is 4.74 Å². The third kappa shape index (κ3) is 8.90. The van der Waals surface area contributed by atoms with Crippen LogP contribution in [-0.2, 0) is 15.9 Å². The standard InChI is InChI=1S/C19H29NO4/c1-4-8-20(3)17(2)15-18-6-5-7-19(16-18)24-14-13-23-12-11-22-10-9-21/h1,5-7,16-17,21H,8-15H2,2-3H3/t17-/m1/s1. The second-order valence-corrected chi connectivity index (χ2v) is 5.62. The van der Waals surface area contributed by atoms with Crippen molar-refractivity contribution in [3.05, 3.63) is 29.8 Å². The molecular formula is C19H29NO4. The molecule has 1 atom stereocenters. The van der Waals surface area contributed by atoms with E-state index in [4.69, 9.17) is 25.7 Å². The Labute approximate surface area is 145 Å². The van der Waals surface area contributed by atoms with Crippen LogP contribution in [-0.4, -0.2) is 69.3 Å². The predicted molar refractivity (Wildman–Crippen MR) is 95.3 cm³/mol. The van der Waals surface area contributed by atoms with E-state index >= 15 is 0 Å². The molecule has 0 amide bonds. The van der Waals surface area contributed by atoms with E-state index in [1.165, 1.54) is 5.56 Å². The van der Waals surface area contributed by atoms with Gasteiger partial charge in [-0.25, -0.2) is 0 Å². The van der Waals surface area contributed by atoms with Crippen LogP contribution in [0.2, 0.25) is 0 Å². The smallest absolute Gasteiger partial charge is 0.119 e. The number of nitrogens with zero attached hydrogens (tertiary/aromatic N) is 1. The zero-order chi connectivity index (χ0) is 17.6. The van der Waals surface area contributed by atoms with Gasteiger partial charge in [0.1, 0.15) is 12.4 Å². The summed E-state index contributed by atoms with van der Waals surface area (Å²) < 4.78 is 16.2. The Morgan fingerprint density at radius 1 is 1.17 bits per heavy atom. The number of aliphatic hydroxyl groups is 1. The summed E-state index contributed by atoms with van der Waals surface area (Å²) in [5.74, 6) is 3.51. The van der Waals surface area contributed by atoms with Gasteiger partial charge in [-0.2, -0.15) is 0 Å². The molecule has 0 aromatic heterocycles. The van der Waals surface area contributed by atoms with E-state index < -0.39 is 0 Å². The fourth-order valence-corrected chi connectivity index (χ4v) is 2.16. The first-order valence-electron chi connectivity index (χ1n) is 8.29. The maximum Gasteiger partial charge on any atom is 0.119 e. The molecule has 1 rings (SSSR count). The van der Waals surface area contributed by atoms with Gasteiger partial charge >= 0.3 is 0 Å². The minimum atomic E-state index is 0.0383. The zero-order valence-electron chi connectivity index (χ0n) is 14.7. The highest BCUT2D eigenvalue weighted by atomic mass is 16.5. The number of hydrogen-bond acceptors (Lipinski definition) is 5. The summed E-state index contributed by atoms with van der Waals surface area (Å²) in [6.07, 6.45) is 6.28. The van der Waals surface area contributed by atoms with Crippen molar-refractivity contribution in [1.29, 1.82) is 0 Å². The second kappa shape index (κ2) is 12.8. The van der Waals surface area contributed by atoms with Crippen molar-refractivity contribution in [3.8, 4) is 18.1 Å². The van der Waals surface area contributed by atoms with Gasteiger partial charge in [0.15, 0.2) is 0 Å². The fourth-order valence-electron chi connectivity index (χ4n) is 2.16. The average molecular weight is 335 g/mol. The van der Waals surface area contributed by atoms with E-state index in [2.05, 4.69) is 29.9 Å². The van der Waals surface area contributed by atoms with Gasteiger partial charge in [-0.15, -0.1) is 6.42 Å². The first kappa shape index (κ1) is 20.5. The van der Waals surface area contributed by atoms with Crippen LogP contribution in [0.1, 0.15) is 12.5 Å². The number of terminal acetylenes is 1. The van der Waals surface area contributed by atoms with E-state index in [9.17, 15) is 0 Å².